The van der Waals surface area contributed by atoms with Crippen LogP contribution in [0.2, 0.25) is 0 Å². The molecule has 1 nitrogen and oxygen atoms in total. The number of pyridine rings is 1. The van der Waals surface area contributed by atoms with Crippen LogP contribution < -0.4 is 0 Å². The smallest absolute Gasteiger partial charge is 0.0438 e. The van der Waals surface area contributed by atoms with Gasteiger partial charge >= 0.3 is 0 Å². The zero-order chi connectivity index (χ0) is 12.1. The monoisotopic (exact) mass is 231 g/mol. The summed E-state index contributed by atoms with van der Waals surface area (Å²) in [5.74, 6) is 0.675. The highest BCUT2D eigenvalue weighted by molar-refractivity contribution is 5.26. The predicted molar refractivity (Wildman–Crippen MR) is 73.4 cm³/mol. The van der Waals surface area contributed by atoms with Crippen molar-refractivity contribution in [1.82, 2.24) is 4.98 Å². The minimum atomic E-state index is 0.675. The van der Waals surface area contributed by atoms with Crippen molar-refractivity contribution in [3.05, 3.63) is 29.1 Å². The molecule has 0 N–H and O–H groups in total. The van der Waals surface area contributed by atoms with Crippen LogP contribution in [0.5, 0.6) is 0 Å². The molecule has 94 valence electrons. The molecule has 2 rings (SSSR count). The summed E-state index contributed by atoms with van der Waals surface area (Å²) >= 11 is 0. The molecule has 1 unspecified atom stereocenters. The van der Waals surface area contributed by atoms with E-state index in [2.05, 4.69) is 26.0 Å². The number of fused-ring (bicyclic) bond motifs is 1. The molecule has 0 saturated carbocycles. The first-order valence-corrected chi connectivity index (χ1v) is 7.33. The van der Waals surface area contributed by atoms with E-state index in [1.165, 1.54) is 68.3 Å². The first-order chi connectivity index (χ1) is 8.35. The van der Waals surface area contributed by atoms with Gasteiger partial charge in [-0.05, 0) is 50.2 Å². The summed E-state index contributed by atoms with van der Waals surface area (Å²) in [4.78, 5) is 4.96. The highest BCUT2D eigenvalue weighted by Gasteiger charge is 2.14. The van der Waals surface area contributed by atoms with Gasteiger partial charge in [0.1, 0.15) is 0 Å². The van der Waals surface area contributed by atoms with E-state index in [1.54, 1.807) is 0 Å². The van der Waals surface area contributed by atoms with E-state index in [9.17, 15) is 0 Å². The van der Waals surface area contributed by atoms with Crippen molar-refractivity contribution < 1.29 is 0 Å². The quantitative estimate of drug-likeness (QED) is 0.688. The standard InChI is InChI=1S/C16H25N/c1-3-8-13(4-2)16-12-11-14-9-6-5-7-10-15(14)17-16/h11-13H,3-10H2,1-2H3. The molecule has 1 atom stereocenters. The van der Waals surface area contributed by atoms with Crippen LogP contribution >= 0.6 is 0 Å². The molecular formula is C16H25N. The SMILES string of the molecule is CCCC(CC)c1ccc2c(n1)CCCCC2. The fraction of sp³-hybridized carbons (Fsp3) is 0.688. The minimum Gasteiger partial charge on any atom is -0.257 e. The third kappa shape index (κ3) is 3.08. The van der Waals surface area contributed by atoms with Gasteiger partial charge in [-0.15, -0.1) is 0 Å². The van der Waals surface area contributed by atoms with Crippen molar-refractivity contribution in [1.29, 1.82) is 0 Å². The van der Waals surface area contributed by atoms with Crippen LogP contribution in [-0.4, -0.2) is 4.98 Å². The zero-order valence-electron chi connectivity index (χ0n) is 11.3. The summed E-state index contributed by atoms with van der Waals surface area (Å²) in [6.45, 7) is 4.56. The summed E-state index contributed by atoms with van der Waals surface area (Å²) in [5, 5.41) is 0. The predicted octanol–water partition coefficient (Wildman–Crippen LogP) is 4.64. The van der Waals surface area contributed by atoms with Crippen molar-refractivity contribution in [2.45, 2.75) is 71.1 Å². The van der Waals surface area contributed by atoms with Gasteiger partial charge in [0.05, 0.1) is 0 Å². The Morgan fingerprint density at radius 1 is 1.12 bits per heavy atom. The van der Waals surface area contributed by atoms with E-state index < -0.39 is 0 Å². The Labute approximate surface area is 106 Å². The maximum atomic E-state index is 4.96. The Hall–Kier alpha value is -0.850. The molecule has 0 radical (unpaired) electrons. The molecule has 0 aromatic carbocycles. The second kappa shape index (κ2) is 6.18. The van der Waals surface area contributed by atoms with Gasteiger partial charge in [0, 0.05) is 17.3 Å². The second-order valence-electron chi connectivity index (χ2n) is 5.30. The average molecular weight is 231 g/mol. The fourth-order valence-corrected chi connectivity index (χ4v) is 2.91. The van der Waals surface area contributed by atoms with Crippen LogP contribution in [0.25, 0.3) is 0 Å². The van der Waals surface area contributed by atoms with E-state index in [0.29, 0.717) is 5.92 Å². The number of rotatable bonds is 4. The highest BCUT2D eigenvalue weighted by atomic mass is 14.7. The summed E-state index contributed by atoms with van der Waals surface area (Å²) < 4.78 is 0. The van der Waals surface area contributed by atoms with Crippen LogP contribution in [0.4, 0.5) is 0 Å². The lowest BCUT2D eigenvalue weighted by atomic mass is 9.95. The van der Waals surface area contributed by atoms with Gasteiger partial charge in [0.25, 0.3) is 0 Å². The van der Waals surface area contributed by atoms with E-state index >= 15 is 0 Å². The molecule has 0 fully saturated rings. The van der Waals surface area contributed by atoms with Crippen LogP contribution in [0.3, 0.4) is 0 Å². The normalized spacial score (nSPS) is 17.3. The van der Waals surface area contributed by atoms with Gasteiger partial charge in [-0.3, -0.25) is 4.98 Å². The topological polar surface area (TPSA) is 12.9 Å². The number of nitrogens with zero attached hydrogens (tertiary/aromatic N) is 1. The van der Waals surface area contributed by atoms with Crippen molar-refractivity contribution in [2.24, 2.45) is 0 Å². The van der Waals surface area contributed by atoms with Crippen LogP contribution in [-0.2, 0) is 12.8 Å². The first kappa shape index (κ1) is 12.6. The molecule has 0 saturated heterocycles. The molecule has 0 bridgehead atoms. The molecule has 0 amide bonds. The first-order valence-electron chi connectivity index (χ1n) is 7.33. The Morgan fingerprint density at radius 3 is 2.71 bits per heavy atom. The molecule has 1 aromatic heterocycles. The van der Waals surface area contributed by atoms with Crippen molar-refractivity contribution in [3.8, 4) is 0 Å². The van der Waals surface area contributed by atoms with Gasteiger partial charge in [0.15, 0.2) is 0 Å². The molecule has 1 aromatic rings. The third-order valence-corrected chi connectivity index (χ3v) is 4.00. The number of aromatic nitrogens is 1. The van der Waals surface area contributed by atoms with Crippen molar-refractivity contribution in [2.75, 3.05) is 0 Å². The van der Waals surface area contributed by atoms with Crippen LogP contribution in [0, 0.1) is 0 Å². The summed E-state index contributed by atoms with van der Waals surface area (Å²) in [5.41, 5.74) is 4.25. The highest BCUT2D eigenvalue weighted by Crippen LogP contribution is 2.26. The second-order valence-corrected chi connectivity index (χ2v) is 5.30. The molecule has 1 heteroatoms. The summed E-state index contributed by atoms with van der Waals surface area (Å²) in [6.07, 6.45) is 10.3. The van der Waals surface area contributed by atoms with Crippen molar-refractivity contribution in [3.63, 3.8) is 0 Å². The van der Waals surface area contributed by atoms with E-state index in [4.69, 9.17) is 4.98 Å². The molecule has 0 aliphatic heterocycles. The number of aryl methyl sites for hydroxylation is 2. The summed E-state index contributed by atoms with van der Waals surface area (Å²) in [7, 11) is 0. The van der Waals surface area contributed by atoms with E-state index in [1.807, 2.05) is 0 Å². The third-order valence-electron chi connectivity index (χ3n) is 4.00. The Kier molecular flexibility index (Phi) is 4.58. The lowest BCUT2D eigenvalue weighted by molar-refractivity contribution is 0.578. The average Bonchev–Trinajstić information content (AvgIpc) is 2.60. The van der Waals surface area contributed by atoms with Gasteiger partial charge in [-0.1, -0.05) is 32.8 Å². The Balaban J connectivity index is 2.21. The number of hydrogen-bond acceptors (Lipinski definition) is 1. The molecule has 1 aliphatic rings. The summed E-state index contributed by atoms with van der Waals surface area (Å²) in [6, 6.07) is 4.63. The Bertz CT molecular complexity index is 357. The molecule has 0 spiro atoms. The van der Waals surface area contributed by atoms with Gasteiger partial charge in [-0.25, -0.2) is 0 Å². The largest absolute Gasteiger partial charge is 0.257 e. The molecule has 1 heterocycles. The van der Waals surface area contributed by atoms with Crippen LogP contribution in [0.15, 0.2) is 12.1 Å². The lowest BCUT2D eigenvalue weighted by Crippen LogP contribution is -2.04. The van der Waals surface area contributed by atoms with Gasteiger partial charge in [0.2, 0.25) is 0 Å². The van der Waals surface area contributed by atoms with E-state index in [0.717, 1.165) is 0 Å². The lowest BCUT2D eigenvalue weighted by Gasteiger charge is -2.15. The van der Waals surface area contributed by atoms with Crippen molar-refractivity contribution >= 4 is 0 Å². The maximum Gasteiger partial charge on any atom is 0.0438 e. The zero-order valence-corrected chi connectivity index (χ0v) is 11.3. The Morgan fingerprint density at radius 2 is 1.94 bits per heavy atom. The minimum absolute atomic E-state index is 0.675. The fourth-order valence-electron chi connectivity index (χ4n) is 2.91. The molecule has 1 aliphatic carbocycles. The molecule has 17 heavy (non-hydrogen) atoms. The van der Waals surface area contributed by atoms with Crippen LogP contribution in [0.1, 0.15) is 75.2 Å². The van der Waals surface area contributed by atoms with Gasteiger partial charge < -0.3 is 0 Å². The van der Waals surface area contributed by atoms with E-state index in [-0.39, 0.29) is 0 Å². The maximum absolute atomic E-state index is 4.96. The van der Waals surface area contributed by atoms with Gasteiger partial charge in [-0.2, -0.15) is 0 Å². The number of hydrogen-bond donors (Lipinski definition) is 0. The molecular weight excluding hydrogens is 206 g/mol.